The van der Waals surface area contributed by atoms with Gasteiger partial charge in [-0.1, -0.05) is 13.8 Å². The molecule has 5 nitrogen and oxygen atoms in total. The summed E-state index contributed by atoms with van der Waals surface area (Å²) in [6.07, 6.45) is 1.14. The van der Waals surface area contributed by atoms with Crippen molar-refractivity contribution in [2.24, 2.45) is 5.41 Å². The third kappa shape index (κ3) is 5.15. The Labute approximate surface area is 128 Å². The van der Waals surface area contributed by atoms with Crippen LogP contribution in [0.3, 0.4) is 0 Å². The van der Waals surface area contributed by atoms with Crippen LogP contribution in [0.5, 0.6) is 0 Å². The Kier molecular flexibility index (Phi) is 5.32. The van der Waals surface area contributed by atoms with Gasteiger partial charge in [-0.2, -0.15) is 0 Å². The van der Waals surface area contributed by atoms with E-state index >= 15 is 0 Å². The maximum absolute atomic E-state index is 12.5. The molecule has 1 saturated heterocycles. The van der Waals surface area contributed by atoms with Gasteiger partial charge >= 0.3 is 6.09 Å². The van der Waals surface area contributed by atoms with Crippen LogP contribution < -0.4 is 0 Å². The van der Waals surface area contributed by atoms with Crippen LogP contribution in [0.2, 0.25) is 0 Å². The summed E-state index contributed by atoms with van der Waals surface area (Å²) in [7, 11) is 0. The standard InChI is InChI=1S/C16H31NO4/c1-14(2,3)21-13(19)17-12(11-20-16(17,6)7)10-15(4,5)8-9-18/h12,18H,8-11H2,1-7H3/t12-/m0/s1. The molecule has 1 aliphatic heterocycles. The fraction of sp³-hybridized carbons (Fsp3) is 0.938. The van der Waals surface area contributed by atoms with Crippen molar-refractivity contribution in [3.8, 4) is 0 Å². The van der Waals surface area contributed by atoms with E-state index in [0.29, 0.717) is 13.0 Å². The molecule has 0 aliphatic carbocycles. The van der Waals surface area contributed by atoms with Crippen molar-refractivity contribution in [1.29, 1.82) is 0 Å². The molecule has 0 spiro atoms. The fourth-order valence-corrected chi connectivity index (χ4v) is 2.76. The van der Waals surface area contributed by atoms with Crippen molar-refractivity contribution in [2.45, 2.75) is 78.7 Å². The summed E-state index contributed by atoms with van der Waals surface area (Å²) in [5, 5.41) is 9.17. The highest BCUT2D eigenvalue weighted by Gasteiger charge is 2.46. The first-order chi connectivity index (χ1) is 9.38. The second kappa shape index (κ2) is 6.13. The van der Waals surface area contributed by atoms with E-state index in [4.69, 9.17) is 14.6 Å². The van der Waals surface area contributed by atoms with Gasteiger partial charge in [0.05, 0.1) is 12.6 Å². The zero-order valence-corrected chi connectivity index (χ0v) is 14.5. The number of nitrogens with zero attached hydrogens (tertiary/aromatic N) is 1. The van der Waals surface area contributed by atoms with Crippen LogP contribution in [0.15, 0.2) is 0 Å². The average Bonchev–Trinajstić information content (AvgIpc) is 2.50. The van der Waals surface area contributed by atoms with Crippen molar-refractivity contribution < 1.29 is 19.4 Å². The number of ether oxygens (including phenoxy) is 2. The molecule has 5 heteroatoms. The molecule has 0 aromatic heterocycles. The summed E-state index contributed by atoms with van der Waals surface area (Å²) in [6, 6.07) is -0.0311. The van der Waals surface area contributed by atoms with Crippen LogP contribution in [0.4, 0.5) is 4.79 Å². The molecule has 0 aromatic carbocycles. The summed E-state index contributed by atoms with van der Waals surface area (Å²) in [5.41, 5.74) is -1.24. The number of hydrogen-bond acceptors (Lipinski definition) is 4. The predicted octanol–water partition coefficient (Wildman–Crippen LogP) is 3.16. The first-order valence-electron chi connectivity index (χ1n) is 7.65. The molecule has 1 heterocycles. The van der Waals surface area contributed by atoms with E-state index < -0.39 is 11.3 Å². The lowest BCUT2D eigenvalue weighted by atomic mass is 9.82. The molecule has 1 amide bonds. The molecule has 0 unspecified atom stereocenters. The SMILES string of the molecule is CC(C)(CCO)C[C@H]1COC(C)(C)N1C(=O)OC(C)(C)C. The van der Waals surface area contributed by atoms with Crippen molar-refractivity contribution in [2.75, 3.05) is 13.2 Å². The van der Waals surface area contributed by atoms with Crippen LogP contribution >= 0.6 is 0 Å². The van der Waals surface area contributed by atoms with E-state index in [1.165, 1.54) is 0 Å². The van der Waals surface area contributed by atoms with Crippen LogP contribution in [-0.2, 0) is 9.47 Å². The number of amides is 1. The molecular weight excluding hydrogens is 270 g/mol. The monoisotopic (exact) mass is 301 g/mol. The predicted molar refractivity (Wildman–Crippen MR) is 82.0 cm³/mol. The van der Waals surface area contributed by atoms with Gasteiger partial charge in [0.15, 0.2) is 0 Å². The molecule has 1 aliphatic rings. The highest BCUT2D eigenvalue weighted by molar-refractivity contribution is 5.69. The van der Waals surface area contributed by atoms with Crippen molar-refractivity contribution in [1.82, 2.24) is 4.90 Å². The lowest BCUT2D eigenvalue weighted by Crippen LogP contribution is -2.50. The van der Waals surface area contributed by atoms with Gasteiger partial charge in [-0.05, 0) is 52.9 Å². The summed E-state index contributed by atoms with van der Waals surface area (Å²) in [6.45, 7) is 14.2. The first-order valence-corrected chi connectivity index (χ1v) is 7.65. The Balaban J connectivity index is 2.87. The number of hydrogen-bond donors (Lipinski definition) is 1. The number of rotatable bonds is 4. The van der Waals surface area contributed by atoms with E-state index in [2.05, 4.69) is 13.8 Å². The molecule has 0 bridgehead atoms. The van der Waals surface area contributed by atoms with Crippen molar-refractivity contribution in [3.05, 3.63) is 0 Å². The Hall–Kier alpha value is -0.810. The lowest BCUT2D eigenvalue weighted by molar-refractivity contribution is -0.0637. The smallest absolute Gasteiger partial charge is 0.412 e. The van der Waals surface area contributed by atoms with Crippen LogP contribution in [0.25, 0.3) is 0 Å². The number of carbonyl (C=O) groups excluding carboxylic acids is 1. The van der Waals surface area contributed by atoms with E-state index in [-0.39, 0.29) is 24.2 Å². The molecule has 1 atom stereocenters. The molecule has 1 N–H and O–H groups in total. The second-order valence-corrected chi connectivity index (χ2v) is 8.10. The molecular formula is C16H31NO4. The van der Waals surface area contributed by atoms with Gasteiger partial charge in [-0.25, -0.2) is 4.79 Å². The van der Waals surface area contributed by atoms with E-state index in [0.717, 1.165) is 6.42 Å². The van der Waals surface area contributed by atoms with Gasteiger partial charge in [-0.3, -0.25) is 4.90 Å². The third-order valence-corrected chi connectivity index (χ3v) is 3.74. The van der Waals surface area contributed by atoms with Gasteiger partial charge < -0.3 is 14.6 Å². The molecule has 0 radical (unpaired) electrons. The zero-order chi connectivity index (χ0) is 16.5. The average molecular weight is 301 g/mol. The van der Waals surface area contributed by atoms with Gasteiger partial charge in [0, 0.05) is 6.61 Å². The molecule has 21 heavy (non-hydrogen) atoms. The maximum atomic E-state index is 12.5. The Morgan fingerprint density at radius 1 is 1.33 bits per heavy atom. The molecule has 1 fully saturated rings. The Morgan fingerprint density at radius 2 is 1.90 bits per heavy atom. The number of carbonyl (C=O) groups is 1. The van der Waals surface area contributed by atoms with Crippen LogP contribution in [-0.4, -0.2) is 46.7 Å². The van der Waals surface area contributed by atoms with Gasteiger partial charge in [0.2, 0.25) is 0 Å². The molecule has 0 aromatic rings. The lowest BCUT2D eigenvalue weighted by Gasteiger charge is -2.37. The minimum atomic E-state index is -0.664. The van der Waals surface area contributed by atoms with Gasteiger partial charge in [-0.15, -0.1) is 0 Å². The summed E-state index contributed by atoms with van der Waals surface area (Å²) in [5.74, 6) is 0. The third-order valence-electron chi connectivity index (χ3n) is 3.74. The Morgan fingerprint density at radius 3 is 2.38 bits per heavy atom. The van der Waals surface area contributed by atoms with E-state index in [9.17, 15) is 4.79 Å². The van der Waals surface area contributed by atoms with Crippen LogP contribution in [0.1, 0.15) is 61.3 Å². The minimum absolute atomic E-state index is 0.0311. The normalized spacial score (nSPS) is 22.5. The number of aliphatic hydroxyl groups is 1. The summed E-state index contributed by atoms with van der Waals surface area (Å²) in [4.78, 5) is 14.2. The summed E-state index contributed by atoms with van der Waals surface area (Å²) >= 11 is 0. The van der Waals surface area contributed by atoms with Crippen molar-refractivity contribution in [3.63, 3.8) is 0 Å². The van der Waals surface area contributed by atoms with E-state index in [1.807, 2.05) is 34.6 Å². The minimum Gasteiger partial charge on any atom is -0.444 e. The largest absolute Gasteiger partial charge is 0.444 e. The highest BCUT2D eigenvalue weighted by atomic mass is 16.6. The van der Waals surface area contributed by atoms with Gasteiger partial charge in [0.25, 0.3) is 0 Å². The van der Waals surface area contributed by atoms with Crippen LogP contribution in [0, 0.1) is 5.41 Å². The number of aliphatic hydroxyl groups excluding tert-OH is 1. The zero-order valence-electron chi connectivity index (χ0n) is 14.5. The molecule has 124 valence electrons. The van der Waals surface area contributed by atoms with Gasteiger partial charge in [0.1, 0.15) is 11.3 Å². The van der Waals surface area contributed by atoms with Crippen molar-refractivity contribution >= 4 is 6.09 Å². The highest BCUT2D eigenvalue weighted by Crippen LogP contribution is 2.36. The quantitative estimate of drug-likeness (QED) is 0.866. The molecule has 0 saturated carbocycles. The maximum Gasteiger partial charge on any atom is 0.412 e. The second-order valence-electron chi connectivity index (χ2n) is 8.10. The fourth-order valence-electron chi connectivity index (χ4n) is 2.76. The molecule has 1 rings (SSSR count). The van der Waals surface area contributed by atoms with E-state index in [1.54, 1.807) is 4.90 Å². The summed E-state index contributed by atoms with van der Waals surface area (Å²) < 4.78 is 11.3. The topological polar surface area (TPSA) is 59.0 Å². The Bertz CT molecular complexity index is 371. The first kappa shape index (κ1) is 18.2.